The molecule has 8 nitrogen and oxygen atoms in total. The first-order chi connectivity index (χ1) is 14.2. The second kappa shape index (κ2) is 8.34. The van der Waals surface area contributed by atoms with E-state index in [2.05, 4.69) is 10.0 Å². The zero-order valence-corrected chi connectivity index (χ0v) is 17.1. The van der Waals surface area contributed by atoms with Crippen molar-refractivity contribution in [2.24, 2.45) is 0 Å². The van der Waals surface area contributed by atoms with E-state index in [1.165, 1.54) is 43.3 Å². The van der Waals surface area contributed by atoms with Gasteiger partial charge in [-0.1, -0.05) is 29.8 Å². The number of hydrogen-bond donors (Lipinski definition) is 2. The van der Waals surface area contributed by atoms with Crippen molar-refractivity contribution >= 4 is 33.0 Å². The number of nitro benzene ring substituents is 1. The lowest BCUT2D eigenvalue weighted by Crippen LogP contribution is -2.16. The van der Waals surface area contributed by atoms with Gasteiger partial charge < -0.3 is 5.32 Å². The number of aryl methyl sites for hydroxylation is 1. The molecule has 0 aromatic heterocycles. The van der Waals surface area contributed by atoms with Crippen LogP contribution in [0.1, 0.15) is 21.5 Å². The Kier molecular flexibility index (Phi) is 5.84. The third kappa shape index (κ3) is 4.64. The molecule has 154 valence electrons. The molecule has 1 amide bonds. The first-order valence-electron chi connectivity index (χ1n) is 8.92. The van der Waals surface area contributed by atoms with Gasteiger partial charge in [0.1, 0.15) is 0 Å². The lowest BCUT2D eigenvalue weighted by molar-refractivity contribution is -0.385. The number of nitro groups is 1. The van der Waals surface area contributed by atoms with Gasteiger partial charge in [0.2, 0.25) is 0 Å². The van der Waals surface area contributed by atoms with Crippen molar-refractivity contribution < 1.29 is 18.1 Å². The molecule has 0 atom stereocenters. The molecule has 2 N–H and O–H groups in total. The van der Waals surface area contributed by atoms with Crippen LogP contribution in [0.15, 0.2) is 71.6 Å². The summed E-state index contributed by atoms with van der Waals surface area (Å²) in [7, 11) is -3.90. The molecule has 0 aliphatic rings. The quantitative estimate of drug-likeness (QED) is 0.452. The standard InChI is InChI=1S/C21H19N3O5S/c1-14-9-11-17(12-10-14)23-30(28,29)18-6-3-5-16(13-18)21(25)22-19-7-4-8-20(15(19)2)24(26)27/h3-13,23H,1-2H3,(H,22,25). The van der Waals surface area contributed by atoms with Crippen LogP contribution in [0.5, 0.6) is 0 Å². The van der Waals surface area contributed by atoms with E-state index < -0.39 is 20.9 Å². The molecule has 3 rings (SSSR count). The molecule has 0 aliphatic carbocycles. The number of hydrogen-bond acceptors (Lipinski definition) is 5. The first kappa shape index (κ1) is 21.0. The fourth-order valence-corrected chi connectivity index (χ4v) is 3.90. The van der Waals surface area contributed by atoms with Crippen LogP contribution < -0.4 is 10.0 Å². The molecule has 3 aromatic carbocycles. The summed E-state index contributed by atoms with van der Waals surface area (Å²) in [6.07, 6.45) is 0. The Balaban J connectivity index is 1.84. The highest BCUT2D eigenvalue weighted by Crippen LogP contribution is 2.26. The molecule has 0 spiro atoms. The molecular formula is C21H19N3O5S. The molecule has 9 heteroatoms. The lowest BCUT2D eigenvalue weighted by Gasteiger charge is -2.11. The number of rotatable bonds is 6. The molecule has 0 bridgehead atoms. The normalized spacial score (nSPS) is 11.0. The van der Waals surface area contributed by atoms with Crippen LogP contribution in [0, 0.1) is 24.0 Å². The van der Waals surface area contributed by atoms with E-state index in [0.29, 0.717) is 11.3 Å². The number of anilines is 2. The van der Waals surface area contributed by atoms with Crippen molar-refractivity contribution in [3.8, 4) is 0 Å². The van der Waals surface area contributed by atoms with E-state index >= 15 is 0 Å². The summed E-state index contributed by atoms with van der Waals surface area (Å²) in [6, 6.07) is 16.8. The van der Waals surface area contributed by atoms with Crippen LogP contribution in [0.2, 0.25) is 0 Å². The SMILES string of the molecule is Cc1ccc(NS(=O)(=O)c2cccc(C(=O)Nc3cccc([N+](=O)[O-])c3C)c2)cc1. The van der Waals surface area contributed by atoms with E-state index in [0.717, 1.165) is 5.56 Å². The Morgan fingerprint density at radius 2 is 1.63 bits per heavy atom. The van der Waals surface area contributed by atoms with E-state index in [4.69, 9.17) is 0 Å². The van der Waals surface area contributed by atoms with Gasteiger partial charge in [-0.2, -0.15) is 0 Å². The Labute approximate surface area is 173 Å². The van der Waals surface area contributed by atoms with Gasteiger partial charge in [0, 0.05) is 17.3 Å². The fourth-order valence-electron chi connectivity index (χ4n) is 2.79. The van der Waals surface area contributed by atoms with E-state index in [1.807, 2.05) is 6.92 Å². The highest BCUT2D eigenvalue weighted by Gasteiger charge is 2.18. The summed E-state index contributed by atoms with van der Waals surface area (Å²) in [5, 5.41) is 13.7. The molecule has 0 saturated heterocycles. The average Bonchev–Trinajstić information content (AvgIpc) is 2.71. The van der Waals surface area contributed by atoms with E-state index in [-0.39, 0.29) is 21.8 Å². The van der Waals surface area contributed by atoms with Gasteiger partial charge in [-0.15, -0.1) is 0 Å². The van der Waals surface area contributed by atoms with Crippen molar-refractivity contribution in [2.75, 3.05) is 10.0 Å². The summed E-state index contributed by atoms with van der Waals surface area (Å²) in [4.78, 5) is 23.1. The van der Waals surface area contributed by atoms with Gasteiger partial charge in [0.15, 0.2) is 0 Å². The topological polar surface area (TPSA) is 118 Å². The lowest BCUT2D eigenvalue weighted by atomic mass is 10.1. The van der Waals surface area contributed by atoms with Gasteiger partial charge in [0.05, 0.1) is 21.1 Å². The van der Waals surface area contributed by atoms with Crippen molar-refractivity contribution in [2.45, 2.75) is 18.7 Å². The van der Waals surface area contributed by atoms with Gasteiger partial charge in [-0.3, -0.25) is 19.6 Å². The molecule has 0 fully saturated rings. The van der Waals surface area contributed by atoms with Crippen LogP contribution in [0.4, 0.5) is 17.1 Å². The summed E-state index contributed by atoms with van der Waals surface area (Å²) in [5.41, 5.74) is 1.97. The maximum Gasteiger partial charge on any atom is 0.274 e. The fraction of sp³-hybridized carbons (Fsp3) is 0.0952. The minimum atomic E-state index is -3.90. The Morgan fingerprint density at radius 1 is 0.967 bits per heavy atom. The van der Waals surface area contributed by atoms with Crippen molar-refractivity contribution in [1.29, 1.82) is 0 Å². The Bertz CT molecular complexity index is 1220. The molecule has 0 unspecified atom stereocenters. The zero-order valence-electron chi connectivity index (χ0n) is 16.2. The van der Waals surface area contributed by atoms with E-state index in [9.17, 15) is 23.3 Å². The second-order valence-corrected chi connectivity index (χ2v) is 8.34. The molecular weight excluding hydrogens is 406 g/mol. The minimum Gasteiger partial charge on any atom is -0.321 e. The number of carbonyl (C=O) groups is 1. The van der Waals surface area contributed by atoms with Crippen LogP contribution in [-0.4, -0.2) is 19.2 Å². The van der Waals surface area contributed by atoms with Crippen LogP contribution in [-0.2, 0) is 10.0 Å². The van der Waals surface area contributed by atoms with Gasteiger partial charge in [-0.05, 0) is 50.2 Å². The summed E-state index contributed by atoms with van der Waals surface area (Å²) >= 11 is 0. The van der Waals surface area contributed by atoms with Gasteiger partial charge >= 0.3 is 0 Å². The van der Waals surface area contributed by atoms with E-state index in [1.54, 1.807) is 30.3 Å². The van der Waals surface area contributed by atoms with Gasteiger partial charge in [-0.25, -0.2) is 8.42 Å². The summed E-state index contributed by atoms with van der Waals surface area (Å²) < 4.78 is 27.8. The molecule has 0 aliphatic heterocycles. The maximum atomic E-state index is 12.7. The van der Waals surface area contributed by atoms with Crippen molar-refractivity contribution in [1.82, 2.24) is 0 Å². The van der Waals surface area contributed by atoms with Crippen LogP contribution >= 0.6 is 0 Å². The zero-order chi connectivity index (χ0) is 21.9. The Morgan fingerprint density at radius 3 is 2.30 bits per heavy atom. The summed E-state index contributed by atoms with van der Waals surface area (Å²) in [6.45, 7) is 3.42. The third-order valence-corrected chi connectivity index (χ3v) is 5.84. The van der Waals surface area contributed by atoms with Gasteiger partial charge in [0.25, 0.3) is 21.6 Å². The highest BCUT2D eigenvalue weighted by atomic mass is 32.2. The molecule has 0 saturated carbocycles. The predicted octanol–water partition coefficient (Wildman–Crippen LogP) is 4.26. The average molecular weight is 425 g/mol. The predicted molar refractivity (Wildman–Crippen MR) is 114 cm³/mol. The van der Waals surface area contributed by atoms with Crippen LogP contribution in [0.25, 0.3) is 0 Å². The van der Waals surface area contributed by atoms with Crippen molar-refractivity contribution in [3.05, 3.63) is 93.5 Å². The number of nitrogens with zero attached hydrogens (tertiary/aromatic N) is 1. The number of benzene rings is 3. The maximum absolute atomic E-state index is 12.7. The number of sulfonamides is 1. The smallest absolute Gasteiger partial charge is 0.274 e. The molecule has 30 heavy (non-hydrogen) atoms. The second-order valence-electron chi connectivity index (χ2n) is 6.66. The summed E-state index contributed by atoms with van der Waals surface area (Å²) in [5.74, 6) is -0.578. The van der Waals surface area contributed by atoms with Crippen LogP contribution in [0.3, 0.4) is 0 Å². The number of amides is 1. The Hall–Kier alpha value is -3.72. The molecule has 0 radical (unpaired) electrons. The monoisotopic (exact) mass is 425 g/mol. The first-order valence-corrected chi connectivity index (χ1v) is 10.4. The number of carbonyl (C=O) groups excluding carboxylic acids is 1. The minimum absolute atomic E-state index is 0.0773. The highest BCUT2D eigenvalue weighted by molar-refractivity contribution is 7.92. The molecule has 3 aromatic rings. The largest absolute Gasteiger partial charge is 0.321 e. The number of nitrogens with one attached hydrogen (secondary N) is 2. The molecule has 0 heterocycles. The third-order valence-electron chi connectivity index (χ3n) is 4.46. The van der Waals surface area contributed by atoms with Crippen molar-refractivity contribution in [3.63, 3.8) is 0 Å².